The molecule has 0 radical (unpaired) electrons. The van der Waals surface area contributed by atoms with Crippen molar-refractivity contribution in [2.24, 2.45) is 46.3 Å². The van der Waals surface area contributed by atoms with Gasteiger partial charge >= 0.3 is 20.3 Å². The predicted octanol–water partition coefficient (Wildman–Crippen LogP) is 15.8. The van der Waals surface area contributed by atoms with E-state index in [1.165, 1.54) is 153 Å². The fourth-order valence-corrected chi connectivity index (χ4v) is 14.7. The van der Waals surface area contributed by atoms with Crippen LogP contribution in [0.4, 0.5) is 4.79 Å². The highest BCUT2D eigenvalue weighted by Gasteiger charge is 2.59. The van der Waals surface area contributed by atoms with E-state index in [1.54, 1.807) is 0 Å². The Bertz CT molecular complexity index is 1520. The van der Waals surface area contributed by atoms with Gasteiger partial charge in [-0.3, -0.25) is 4.79 Å². The maximum atomic E-state index is 13.5. The topological polar surface area (TPSA) is 124 Å². The van der Waals surface area contributed by atoms with Crippen LogP contribution in [0.1, 0.15) is 254 Å². The molecule has 4 aliphatic rings. The Morgan fingerprint density at radius 2 is 1.34 bits per heavy atom. The molecule has 0 heterocycles. The van der Waals surface area contributed by atoms with E-state index in [0.29, 0.717) is 28.8 Å². The van der Waals surface area contributed by atoms with Gasteiger partial charge in [-0.15, -0.1) is 0 Å². The van der Waals surface area contributed by atoms with Gasteiger partial charge in [-0.1, -0.05) is 189 Å². The third-order valence-corrected chi connectivity index (χ3v) is 19.4. The van der Waals surface area contributed by atoms with E-state index >= 15 is 0 Å². The summed E-state index contributed by atoms with van der Waals surface area (Å²) in [6.07, 6.45) is 37.8. The Hall–Kier alpha value is -1.29. The predicted molar refractivity (Wildman–Crippen MR) is 290 cm³/mol. The lowest BCUT2D eigenvalue weighted by Gasteiger charge is -2.58. The molecule has 0 saturated heterocycles. The molecule has 10 nitrogen and oxygen atoms in total. The van der Waals surface area contributed by atoms with Gasteiger partial charge in [0.05, 0.1) is 20.6 Å². The first-order valence-electron chi connectivity index (χ1n) is 30.1. The van der Waals surface area contributed by atoms with Gasteiger partial charge in [0.1, 0.15) is 32.5 Å². The van der Waals surface area contributed by atoms with Crippen LogP contribution < -0.4 is 4.89 Å². The minimum absolute atomic E-state index is 0.0370. The summed E-state index contributed by atoms with van der Waals surface area (Å²) in [4.78, 5) is 50.3. The number of phosphoric acid groups is 1. The molecule has 0 aromatic rings. The van der Waals surface area contributed by atoms with Crippen LogP contribution in [0.5, 0.6) is 0 Å². The van der Waals surface area contributed by atoms with Gasteiger partial charge in [0.15, 0.2) is 6.10 Å². The Labute approximate surface area is 436 Å². The fourth-order valence-electron chi connectivity index (χ4n) is 13.9. The van der Waals surface area contributed by atoms with Crippen molar-refractivity contribution < 1.29 is 47.1 Å². The molecule has 1 unspecified atom stereocenters. The normalized spacial score (nSPS) is 27.0. The quantitative estimate of drug-likeness (QED) is 0.0212. The molecule has 4 aliphatic carbocycles. The van der Waals surface area contributed by atoms with E-state index in [4.69, 9.17) is 23.3 Å². The van der Waals surface area contributed by atoms with Crippen LogP contribution in [0, 0.1) is 46.3 Å². The third kappa shape index (κ3) is 21.7. The molecule has 11 heteroatoms. The number of fused-ring (bicyclic) bond motifs is 5. The van der Waals surface area contributed by atoms with Crippen LogP contribution in [0.25, 0.3) is 0 Å². The number of nitrogens with zero attached hydrogens (tertiary/aromatic N) is 1. The summed E-state index contributed by atoms with van der Waals surface area (Å²) in [5.41, 5.74) is 1.97. The highest BCUT2D eigenvalue weighted by atomic mass is 31.2. The van der Waals surface area contributed by atoms with E-state index in [1.807, 2.05) is 0 Å². The molecule has 414 valence electrons. The molecule has 0 bridgehead atoms. The summed E-state index contributed by atoms with van der Waals surface area (Å²) in [5, 5.41) is 0. The highest BCUT2D eigenvalue weighted by molar-refractivity contribution is 7.52. The number of carbonyl (C=O) groups is 2. The lowest BCUT2D eigenvalue weighted by molar-refractivity contribution is -0.890. The van der Waals surface area contributed by atoms with Crippen molar-refractivity contribution in [3.05, 3.63) is 11.6 Å². The average Bonchev–Trinajstić information content (AvgIpc) is 3.68. The summed E-state index contributed by atoms with van der Waals surface area (Å²) < 4.78 is 28.9. The second-order valence-electron chi connectivity index (χ2n) is 25.0. The number of allylic oxidation sites excluding steroid dienone is 1. The molecular formula is C60H111NO9P+. The molecule has 1 N–H and O–H groups in total. The number of hydrogen-bond acceptors (Lipinski definition) is 9. The summed E-state index contributed by atoms with van der Waals surface area (Å²) >= 11 is 0. The van der Waals surface area contributed by atoms with Crippen LogP contribution >= 0.6 is 8.17 Å². The molecule has 4 rings (SSSR count). The maximum absolute atomic E-state index is 13.5. The number of carbonyl (C=O) groups excluding carboxylic acids is 2. The number of ether oxygens (including phenoxy) is 3. The first-order chi connectivity index (χ1) is 33.9. The van der Waals surface area contributed by atoms with Crippen molar-refractivity contribution in [2.45, 2.75) is 266 Å². The van der Waals surface area contributed by atoms with Crippen LogP contribution in [-0.4, -0.2) is 80.7 Å². The molecule has 10 atom stereocenters. The first-order valence-corrected chi connectivity index (χ1v) is 31.6. The largest absolute Gasteiger partial charge is 0.606 e. The van der Waals surface area contributed by atoms with Crippen molar-refractivity contribution >= 4 is 20.3 Å². The van der Waals surface area contributed by atoms with E-state index < -0.39 is 27.0 Å². The van der Waals surface area contributed by atoms with Gasteiger partial charge in [-0.2, -0.15) is 13.9 Å². The van der Waals surface area contributed by atoms with Crippen molar-refractivity contribution in [1.29, 1.82) is 0 Å². The molecule has 3 saturated carbocycles. The molecule has 0 aromatic heterocycles. The Kier molecular flexibility index (Phi) is 28.3. The molecule has 0 amide bonds. The number of phosphoric ester groups is 1. The SMILES string of the molecule is CCCCCCCCCCCCCCCC(=O)OC[C@H](CO[P+]([O-])(O)OCC[N+](C)(C)CCCCCCCCC)OC(=O)O[C@H]1CC[C@@]2(C)C(=CC[C@H]3[C@@H]4CC[C@H]([C@H](C)CCCC(C)C)[C@@]4(C)CC[C@@H]32)C1. The Balaban J connectivity index is 1.26. The number of quaternary nitrogens is 1. The monoisotopic (exact) mass is 1020 g/mol. The molecule has 0 aliphatic heterocycles. The molecule has 3 fully saturated rings. The zero-order chi connectivity index (χ0) is 51.8. The van der Waals surface area contributed by atoms with Crippen molar-refractivity contribution in [3.8, 4) is 0 Å². The van der Waals surface area contributed by atoms with Crippen molar-refractivity contribution in [3.63, 3.8) is 0 Å². The number of rotatable bonds is 38. The molecular weight excluding hydrogens is 910 g/mol. The maximum Gasteiger partial charge on any atom is 0.509 e. The summed E-state index contributed by atoms with van der Waals surface area (Å²) in [6, 6.07) is 0. The van der Waals surface area contributed by atoms with Crippen LogP contribution in [-0.2, 0) is 28.1 Å². The van der Waals surface area contributed by atoms with Crippen LogP contribution in [0.3, 0.4) is 0 Å². The third-order valence-electron chi connectivity index (χ3n) is 18.4. The summed E-state index contributed by atoms with van der Waals surface area (Å²) in [5.74, 6) is 4.17. The molecule has 0 aromatic carbocycles. The standard InChI is InChI=1S/C60H110NO9P/c1-10-12-14-16-18-19-20-21-22-23-24-26-28-33-57(62)66-46-52(47-68-71(64,65)67-44-43-61(8,9)42-29-27-25-17-15-13-11-2)70-58(63)69-51-38-40-59(6)50(45-51)34-35-53-55-37-36-54(49(5)32-30-31-48(3)4)60(55,7)41-39-56(53)59/h34,48-49,51-56H,10-33,35-47H2,1-9H3/p+1/t49-,51+,52-,53+,54-,55+,56+,59+,60-/m1/s1. The van der Waals surface area contributed by atoms with Crippen LogP contribution in [0.15, 0.2) is 11.6 Å². The van der Waals surface area contributed by atoms with Gasteiger partial charge in [-0.05, 0) is 111 Å². The second-order valence-corrected chi connectivity index (χ2v) is 26.5. The Morgan fingerprint density at radius 3 is 1.96 bits per heavy atom. The fraction of sp³-hybridized carbons (Fsp3) is 0.933. The molecule has 71 heavy (non-hydrogen) atoms. The highest BCUT2D eigenvalue weighted by Crippen LogP contribution is 2.67. The smallest absolute Gasteiger partial charge is 0.509 e. The number of unbranched alkanes of at least 4 members (excludes halogenated alkanes) is 18. The first kappa shape index (κ1) is 62.3. The van der Waals surface area contributed by atoms with E-state index in [2.05, 4.69) is 68.6 Å². The van der Waals surface area contributed by atoms with E-state index in [9.17, 15) is 19.4 Å². The zero-order valence-electron chi connectivity index (χ0n) is 47.5. The van der Waals surface area contributed by atoms with Gasteiger partial charge in [0.2, 0.25) is 0 Å². The zero-order valence-corrected chi connectivity index (χ0v) is 48.4. The lowest BCUT2D eigenvalue weighted by atomic mass is 9.47. The van der Waals surface area contributed by atoms with Crippen molar-refractivity contribution in [1.82, 2.24) is 0 Å². The average molecular weight is 1020 g/mol. The number of likely N-dealkylation sites (N-methyl/N-ethyl adjacent to an activating group) is 1. The van der Waals surface area contributed by atoms with Crippen molar-refractivity contribution in [2.75, 3.05) is 47.0 Å². The van der Waals surface area contributed by atoms with E-state index in [0.717, 1.165) is 81.1 Å². The van der Waals surface area contributed by atoms with E-state index in [-0.39, 0.29) is 37.1 Å². The summed E-state index contributed by atoms with van der Waals surface area (Å²) in [6.45, 7) is 17.6. The van der Waals surface area contributed by atoms with Gasteiger partial charge in [0, 0.05) is 12.8 Å². The summed E-state index contributed by atoms with van der Waals surface area (Å²) in [7, 11) is -0.298. The minimum Gasteiger partial charge on any atom is -0.606 e. The van der Waals surface area contributed by atoms with Gasteiger partial charge in [-0.25, -0.2) is 4.79 Å². The lowest BCUT2D eigenvalue weighted by Crippen LogP contribution is -2.51. The van der Waals surface area contributed by atoms with Gasteiger partial charge < -0.3 is 23.6 Å². The van der Waals surface area contributed by atoms with Crippen LogP contribution in [0.2, 0.25) is 0 Å². The van der Waals surface area contributed by atoms with Gasteiger partial charge in [0.25, 0.3) is 0 Å². The second kappa shape index (κ2) is 32.3. The number of esters is 1. The molecule has 0 spiro atoms. The Morgan fingerprint density at radius 1 is 0.732 bits per heavy atom. The number of hydrogen-bond donors (Lipinski definition) is 1. The minimum atomic E-state index is -4.50.